The van der Waals surface area contributed by atoms with Gasteiger partial charge < -0.3 is 0 Å². The van der Waals surface area contributed by atoms with Crippen LogP contribution >= 0.6 is 0 Å². The fraction of sp³-hybridized carbons (Fsp3) is 0.500. The largest absolute Gasteiger partial charge is 0.298 e. The molecule has 2 atom stereocenters. The number of hydrogen-bond donors (Lipinski definition) is 0. The van der Waals surface area contributed by atoms with Crippen molar-refractivity contribution in [1.29, 1.82) is 0 Å². The van der Waals surface area contributed by atoms with Gasteiger partial charge in [-0.3, -0.25) is 9.00 Å². The van der Waals surface area contributed by atoms with Gasteiger partial charge in [-0.25, -0.2) is 4.39 Å². The van der Waals surface area contributed by atoms with Crippen LogP contribution in [0.4, 0.5) is 4.39 Å². The van der Waals surface area contributed by atoms with Crippen LogP contribution in [0.3, 0.4) is 0 Å². The van der Waals surface area contributed by atoms with Gasteiger partial charge in [0.1, 0.15) is 11.6 Å². The van der Waals surface area contributed by atoms with Crippen LogP contribution in [0.2, 0.25) is 0 Å². The predicted molar refractivity (Wildman–Crippen MR) is 72.4 cm³/mol. The van der Waals surface area contributed by atoms with Crippen LogP contribution in [0.5, 0.6) is 0 Å². The summed E-state index contributed by atoms with van der Waals surface area (Å²) >= 11 is 0. The Morgan fingerprint density at radius 3 is 2.67 bits per heavy atom. The van der Waals surface area contributed by atoms with Crippen molar-refractivity contribution in [3.8, 4) is 0 Å². The monoisotopic (exact) mass is 270 g/mol. The first kappa shape index (κ1) is 15.0. The Labute approximate surface area is 110 Å². The van der Waals surface area contributed by atoms with Gasteiger partial charge in [-0.05, 0) is 17.5 Å². The third kappa shape index (κ3) is 5.08. The molecule has 0 fully saturated rings. The van der Waals surface area contributed by atoms with Crippen LogP contribution in [0, 0.1) is 11.7 Å². The van der Waals surface area contributed by atoms with E-state index in [-0.39, 0.29) is 23.8 Å². The molecule has 2 unspecified atom stereocenters. The van der Waals surface area contributed by atoms with Gasteiger partial charge in [0.2, 0.25) is 0 Å². The van der Waals surface area contributed by atoms with E-state index in [9.17, 15) is 13.4 Å². The molecule has 0 heterocycles. The van der Waals surface area contributed by atoms with Gasteiger partial charge in [0.05, 0.1) is 5.75 Å². The maximum atomic E-state index is 13.3. The van der Waals surface area contributed by atoms with Gasteiger partial charge in [0.25, 0.3) is 0 Å². The minimum Gasteiger partial charge on any atom is -0.298 e. The maximum Gasteiger partial charge on any atom is 0.149 e. The van der Waals surface area contributed by atoms with Crippen molar-refractivity contribution in [3.63, 3.8) is 0 Å². The second-order valence-corrected chi connectivity index (χ2v) is 6.07. The molecule has 0 aliphatic rings. The molecule has 0 saturated carbocycles. The Morgan fingerprint density at radius 1 is 1.39 bits per heavy atom. The molecular formula is C14H19FO2S. The summed E-state index contributed by atoms with van der Waals surface area (Å²) < 4.78 is 25.0. The summed E-state index contributed by atoms with van der Waals surface area (Å²) in [6, 6.07) is 6.20. The number of halogens is 1. The molecule has 0 amide bonds. The topological polar surface area (TPSA) is 34.1 Å². The van der Waals surface area contributed by atoms with Gasteiger partial charge in [-0.1, -0.05) is 38.5 Å². The third-order valence-electron chi connectivity index (χ3n) is 2.83. The molecule has 18 heavy (non-hydrogen) atoms. The molecule has 0 aliphatic heterocycles. The zero-order chi connectivity index (χ0) is 13.5. The van der Waals surface area contributed by atoms with Crippen LogP contribution in [0.15, 0.2) is 24.3 Å². The molecule has 1 rings (SSSR count). The Kier molecular flexibility index (Phi) is 6.19. The van der Waals surface area contributed by atoms with E-state index < -0.39 is 10.8 Å². The summed E-state index contributed by atoms with van der Waals surface area (Å²) in [5.74, 6) is 0.380. The maximum absolute atomic E-state index is 13.3. The Bertz CT molecular complexity index is 432. The van der Waals surface area contributed by atoms with Crippen molar-refractivity contribution in [2.45, 2.75) is 26.7 Å². The normalized spacial score (nSPS) is 14.2. The summed E-state index contributed by atoms with van der Waals surface area (Å²) in [6.07, 6.45) is 0.978. The van der Waals surface area contributed by atoms with Crippen LogP contribution < -0.4 is 0 Å². The van der Waals surface area contributed by atoms with Crippen LogP contribution in [0.25, 0.3) is 0 Å². The Hall–Kier alpha value is -1.03. The zero-order valence-corrected chi connectivity index (χ0v) is 11.6. The summed E-state index contributed by atoms with van der Waals surface area (Å²) in [7, 11) is -1.13. The lowest BCUT2D eigenvalue weighted by molar-refractivity contribution is -0.116. The summed E-state index contributed by atoms with van der Waals surface area (Å²) in [5, 5.41) is 0. The average molecular weight is 270 g/mol. The van der Waals surface area contributed by atoms with E-state index in [0.29, 0.717) is 17.2 Å². The minimum atomic E-state index is -1.13. The van der Waals surface area contributed by atoms with E-state index in [1.807, 2.05) is 13.8 Å². The highest BCUT2D eigenvalue weighted by Crippen LogP contribution is 2.09. The molecule has 100 valence electrons. The lowest BCUT2D eigenvalue weighted by Crippen LogP contribution is -2.18. The van der Waals surface area contributed by atoms with Crippen molar-refractivity contribution in [2.75, 3.05) is 11.5 Å². The molecule has 4 heteroatoms. The third-order valence-corrected chi connectivity index (χ3v) is 4.42. The van der Waals surface area contributed by atoms with E-state index in [1.165, 1.54) is 6.07 Å². The molecule has 2 nitrogen and oxygen atoms in total. The van der Waals surface area contributed by atoms with Crippen LogP contribution in [-0.4, -0.2) is 21.5 Å². The fourth-order valence-corrected chi connectivity index (χ4v) is 3.03. The lowest BCUT2D eigenvalue weighted by atomic mass is 10.1. The number of carbonyl (C=O) groups is 1. The first-order chi connectivity index (χ1) is 8.52. The van der Waals surface area contributed by atoms with Gasteiger partial charge in [-0.15, -0.1) is 0 Å². The SMILES string of the molecule is CCC(C)CS(=O)CC(=O)Cc1ccccc1F. The number of carbonyl (C=O) groups excluding carboxylic acids is 1. The molecule has 0 saturated heterocycles. The molecule has 0 aromatic heterocycles. The van der Waals surface area contributed by atoms with E-state index in [2.05, 4.69) is 0 Å². The van der Waals surface area contributed by atoms with E-state index in [1.54, 1.807) is 18.2 Å². The number of Topliss-reactive ketones (excluding diaryl/α,β-unsaturated/α-hetero) is 1. The second kappa shape index (κ2) is 7.41. The molecular weight excluding hydrogens is 251 g/mol. The molecule has 1 aromatic rings. The fourth-order valence-electron chi connectivity index (χ4n) is 1.58. The number of ketones is 1. The molecule has 0 radical (unpaired) electrons. The van der Waals surface area contributed by atoms with Crippen LogP contribution in [-0.2, 0) is 22.0 Å². The summed E-state index contributed by atoms with van der Waals surface area (Å²) in [4.78, 5) is 11.7. The lowest BCUT2D eigenvalue weighted by Gasteiger charge is -2.07. The highest BCUT2D eigenvalue weighted by molar-refractivity contribution is 7.85. The zero-order valence-electron chi connectivity index (χ0n) is 10.8. The molecule has 1 aromatic carbocycles. The number of rotatable bonds is 7. The molecule has 0 bridgehead atoms. The van der Waals surface area contributed by atoms with E-state index >= 15 is 0 Å². The Balaban J connectivity index is 2.47. The van der Waals surface area contributed by atoms with Gasteiger partial charge in [-0.2, -0.15) is 0 Å². The van der Waals surface area contributed by atoms with Crippen LogP contribution in [0.1, 0.15) is 25.8 Å². The van der Waals surface area contributed by atoms with E-state index in [0.717, 1.165) is 6.42 Å². The molecule has 0 spiro atoms. The highest BCUT2D eigenvalue weighted by atomic mass is 32.2. The average Bonchev–Trinajstić information content (AvgIpc) is 2.31. The summed E-state index contributed by atoms with van der Waals surface area (Å²) in [5.41, 5.74) is 0.378. The first-order valence-corrected chi connectivity index (χ1v) is 7.61. The highest BCUT2D eigenvalue weighted by Gasteiger charge is 2.13. The van der Waals surface area contributed by atoms with Gasteiger partial charge >= 0.3 is 0 Å². The number of benzene rings is 1. The first-order valence-electron chi connectivity index (χ1n) is 6.13. The van der Waals surface area contributed by atoms with Gasteiger partial charge in [0, 0.05) is 23.0 Å². The Morgan fingerprint density at radius 2 is 2.06 bits per heavy atom. The second-order valence-electron chi connectivity index (χ2n) is 4.57. The van der Waals surface area contributed by atoms with Crippen molar-refractivity contribution < 1.29 is 13.4 Å². The van der Waals surface area contributed by atoms with E-state index in [4.69, 9.17) is 0 Å². The molecule has 0 N–H and O–H groups in total. The van der Waals surface area contributed by atoms with Gasteiger partial charge in [0.15, 0.2) is 0 Å². The molecule has 0 aliphatic carbocycles. The smallest absolute Gasteiger partial charge is 0.149 e. The van der Waals surface area contributed by atoms with Crippen molar-refractivity contribution >= 4 is 16.6 Å². The quantitative estimate of drug-likeness (QED) is 0.763. The standard InChI is InChI=1S/C14H19FO2S/c1-3-11(2)9-18(17)10-13(16)8-12-6-4-5-7-14(12)15/h4-7,11H,3,8-10H2,1-2H3. The number of hydrogen-bond acceptors (Lipinski definition) is 2. The van der Waals surface area contributed by atoms with Crippen molar-refractivity contribution in [2.24, 2.45) is 5.92 Å². The predicted octanol–water partition coefficient (Wildman–Crippen LogP) is 2.73. The van der Waals surface area contributed by atoms with Crippen molar-refractivity contribution in [1.82, 2.24) is 0 Å². The van der Waals surface area contributed by atoms with Crippen molar-refractivity contribution in [3.05, 3.63) is 35.6 Å². The summed E-state index contributed by atoms with van der Waals surface area (Å²) in [6.45, 7) is 4.04. The minimum absolute atomic E-state index is 0.0265.